The Labute approximate surface area is 130 Å². The number of ether oxygens (including phenoxy) is 1. The van der Waals surface area contributed by atoms with E-state index in [1.165, 1.54) is 0 Å². The van der Waals surface area contributed by atoms with Gasteiger partial charge in [0.15, 0.2) is 0 Å². The number of halogens is 1. The molecule has 0 saturated carbocycles. The quantitative estimate of drug-likeness (QED) is 0.729. The fourth-order valence-electron chi connectivity index (χ4n) is 1.89. The minimum absolute atomic E-state index is 0.0193. The third-order valence-electron chi connectivity index (χ3n) is 2.91. The zero-order valence-corrected chi connectivity index (χ0v) is 14.4. The number of carbonyl (C=O) groups is 1. The number of amides is 1. The number of hydrogen-bond donors (Lipinski definition) is 1. The van der Waals surface area contributed by atoms with Crippen LogP contribution >= 0.6 is 15.9 Å². The number of rotatable bonds is 8. The summed E-state index contributed by atoms with van der Waals surface area (Å²) in [6, 6.07) is 2.12. The van der Waals surface area contributed by atoms with E-state index in [0.29, 0.717) is 12.2 Å². The molecule has 1 aromatic rings. The van der Waals surface area contributed by atoms with Gasteiger partial charge in [0.2, 0.25) is 0 Å². The van der Waals surface area contributed by atoms with E-state index >= 15 is 0 Å². The highest BCUT2D eigenvalue weighted by Gasteiger charge is 2.14. The second-order valence-corrected chi connectivity index (χ2v) is 6.34. The Kier molecular flexibility index (Phi) is 7.30. The molecule has 1 aromatic heterocycles. The van der Waals surface area contributed by atoms with E-state index in [4.69, 9.17) is 4.74 Å². The smallest absolute Gasteiger partial charge is 0.267 e. The molecule has 20 heavy (non-hydrogen) atoms. The van der Waals surface area contributed by atoms with Gasteiger partial charge in [-0.2, -0.15) is 0 Å². The van der Waals surface area contributed by atoms with Crippen LogP contribution in [-0.4, -0.2) is 29.7 Å². The van der Waals surface area contributed by atoms with Crippen molar-refractivity contribution in [3.8, 4) is 0 Å². The Morgan fingerprint density at radius 2 is 2.05 bits per heavy atom. The molecule has 114 valence electrons. The molecule has 0 radical (unpaired) electrons. The van der Waals surface area contributed by atoms with Crippen molar-refractivity contribution in [3.63, 3.8) is 0 Å². The van der Waals surface area contributed by atoms with Crippen LogP contribution in [0.3, 0.4) is 0 Å². The molecule has 0 fully saturated rings. The average Bonchev–Trinajstić information content (AvgIpc) is 2.75. The van der Waals surface area contributed by atoms with Crippen LogP contribution < -0.4 is 5.32 Å². The van der Waals surface area contributed by atoms with Gasteiger partial charge in [-0.15, -0.1) is 0 Å². The molecule has 0 aromatic carbocycles. The van der Waals surface area contributed by atoms with Crippen molar-refractivity contribution in [2.45, 2.75) is 52.7 Å². The van der Waals surface area contributed by atoms with Gasteiger partial charge in [0, 0.05) is 29.9 Å². The van der Waals surface area contributed by atoms with Crippen molar-refractivity contribution in [2.75, 3.05) is 13.2 Å². The zero-order chi connectivity index (χ0) is 15.1. The fraction of sp³-hybridized carbons (Fsp3) is 0.667. The summed E-state index contributed by atoms with van der Waals surface area (Å²) in [5, 5.41) is 2.96. The van der Waals surface area contributed by atoms with E-state index in [1.54, 1.807) is 0 Å². The summed E-state index contributed by atoms with van der Waals surface area (Å²) in [7, 11) is 0. The maximum Gasteiger partial charge on any atom is 0.267 e. The van der Waals surface area contributed by atoms with Crippen molar-refractivity contribution in [1.29, 1.82) is 0 Å². The molecule has 4 nitrogen and oxygen atoms in total. The van der Waals surface area contributed by atoms with Gasteiger partial charge >= 0.3 is 0 Å². The molecule has 0 aliphatic rings. The molecular formula is C15H25BrN2O2. The molecule has 1 N–H and O–H groups in total. The first-order valence-corrected chi connectivity index (χ1v) is 7.98. The minimum Gasteiger partial charge on any atom is -0.379 e. The third kappa shape index (κ3) is 5.67. The molecule has 0 bridgehead atoms. The lowest BCUT2D eigenvalue weighted by Gasteiger charge is -2.13. The molecule has 0 spiro atoms. The van der Waals surface area contributed by atoms with Crippen molar-refractivity contribution in [3.05, 3.63) is 22.4 Å². The van der Waals surface area contributed by atoms with E-state index in [0.717, 1.165) is 23.9 Å². The van der Waals surface area contributed by atoms with Crippen LogP contribution in [0.1, 0.15) is 57.1 Å². The Hall–Kier alpha value is -0.810. The number of unbranched alkanes of at least 4 members (excludes halogenated alkanes) is 1. The SMILES string of the molecule is CC(C)OCCCCNC(=O)c1cc(Br)cn1C(C)C. The molecule has 5 heteroatoms. The molecule has 0 atom stereocenters. The zero-order valence-electron chi connectivity index (χ0n) is 12.8. The van der Waals surface area contributed by atoms with Gasteiger partial charge in [-0.05, 0) is 62.5 Å². The highest BCUT2D eigenvalue weighted by atomic mass is 79.9. The van der Waals surface area contributed by atoms with Gasteiger partial charge in [0.1, 0.15) is 5.69 Å². The Morgan fingerprint density at radius 3 is 2.65 bits per heavy atom. The topological polar surface area (TPSA) is 43.3 Å². The van der Waals surface area contributed by atoms with Crippen molar-refractivity contribution in [2.24, 2.45) is 0 Å². The first kappa shape index (κ1) is 17.2. The van der Waals surface area contributed by atoms with Crippen LogP contribution in [-0.2, 0) is 4.74 Å². The number of nitrogens with zero attached hydrogens (tertiary/aromatic N) is 1. The average molecular weight is 345 g/mol. The highest BCUT2D eigenvalue weighted by Crippen LogP contribution is 2.19. The Balaban J connectivity index is 2.36. The standard InChI is InChI=1S/C15H25BrN2O2/c1-11(2)18-10-13(16)9-14(18)15(19)17-7-5-6-8-20-12(3)4/h9-12H,5-8H2,1-4H3,(H,17,19). The van der Waals surface area contributed by atoms with E-state index in [2.05, 4.69) is 35.1 Å². The van der Waals surface area contributed by atoms with Crippen LogP contribution in [0.5, 0.6) is 0 Å². The summed E-state index contributed by atoms with van der Waals surface area (Å²) < 4.78 is 8.37. The van der Waals surface area contributed by atoms with Crippen LogP contribution in [0.4, 0.5) is 0 Å². The lowest BCUT2D eigenvalue weighted by molar-refractivity contribution is 0.0754. The van der Waals surface area contributed by atoms with Crippen LogP contribution in [0.25, 0.3) is 0 Å². The van der Waals surface area contributed by atoms with E-state index < -0.39 is 0 Å². The van der Waals surface area contributed by atoms with Gasteiger partial charge < -0.3 is 14.6 Å². The maximum absolute atomic E-state index is 12.1. The normalized spacial score (nSPS) is 11.3. The second-order valence-electron chi connectivity index (χ2n) is 5.43. The van der Waals surface area contributed by atoms with Gasteiger partial charge in [0.05, 0.1) is 6.10 Å². The number of carbonyl (C=O) groups excluding carboxylic acids is 1. The van der Waals surface area contributed by atoms with Crippen molar-refractivity contribution in [1.82, 2.24) is 9.88 Å². The molecule has 0 aliphatic heterocycles. The Morgan fingerprint density at radius 1 is 1.35 bits per heavy atom. The van der Waals surface area contributed by atoms with Crippen molar-refractivity contribution >= 4 is 21.8 Å². The van der Waals surface area contributed by atoms with Crippen LogP contribution in [0.15, 0.2) is 16.7 Å². The van der Waals surface area contributed by atoms with Gasteiger partial charge in [-0.3, -0.25) is 4.79 Å². The largest absolute Gasteiger partial charge is 0.379 e. The second kappa shape index (κ2) is 8.47. The number of aromatic nitrogens is 1. The fourth-order valence-corrected chi connectivity index (χ4v) is 2.33. The van der Waals surface area contributed by atoms with Crippen LogP contribution in [0.2, 0.25) is 0 Å². The lowest BCUT2D eigenvalue weighted by Crippen LogP contribution is -2.27. The molecule has 1 heterocycles. The molecule has 1 rings (SSSR count). The van der Waals surface area contributed by atoms with E-state index in [-0.39, 0.29) is 18.1 Å². The third-order valence-corrected chi connectivity index (χ3v) is 3.35. The first-order valence-electron chi connectivity index (χ1n) is 7.19. The lowest BCUT2D eigenvalue weighted by atomic mass is 10.3. The van der Waals surface area contributed by atoms with E-state index in [1.807, 2.05) is 30.7 Å². The Bertz CT molecular complexity index is 428. The minimum atomic E-state index is -0.0193. The van der Waals surface area contributed by atoms with Gasteiger partial charge in [-0.1, -0.05) is 0 Å². The molecular weight excluding hydrogens is 320 g/mol. The first-order chi connectivity index (χ1) is 9.41. The van der Waals surface area contributed by atoms with Gasteiger partial charge in [0.25, 0.3) is 5.91 Å². The molecule has 1 amide bonds. The van der Waals surface area contributed by atoms with Crippen molar-refractivity contribution < 1.29 is 9.53 Å². The summed E-state index contributed by atoms with van der Waals surface area (Å²) >= 11 is 3.42. The number of hydrogen-bond acceptors (Lipinski definition) is 2. The highest BCUT2D eigenvalue weighted by molar-refractivity contribution is 9.10. The van der Waals surface area contributed by atoms with Gasteiger partial charge in [-0.25, -0.2) is 0 Å². The summed E-state index contributed by atoms with van der Waals surface area (Å²) in [4.78, 5) is 12.1. The predicted octanol–water partition coefficient (Wildman–Crippen LogP) is 3.77. The summed E-state index contributed by atoms with van der Waals surface area (Å²) in [6.07, 6.45) is 4.11. The van der Waals surface area contributed by atoms with E-state index in [9.17, 15) is 4.79 Å². The molecule has 0 unspecified atom stereocenters. The summed E-state index contributed by atoms with van der Waals surface area (Å²) in [6.45, 7) is 9.61. The summed E-state index contributed by atoms with van der Waals surface area (Å²) in [5.74, 6) is -0.0193. The summed E-state index contributed by atoms with van der Waals surface area (Å²) in [5.41, 5.74) is 0.699. The number of nitrogens with one attached hydrogen (secondary N) is 1. The monoisotopic (exact) mass is 344 g/mol. The maximum atomic E-state index is 12.1. The predicted molar refractivity (Wildman–Crippen MR) is 85.2 cm³/mol. The molecule has 0 saturated heterocycles. The molecule has 0 aliphatic carbocycles. The van der Waals surface area contributed by atoms with Crippen LogP contribution in [0, 0.1) is 0 Å².